The monoisotopic (exact) mass is 273 g/mol. The highest BCUT2D eigenvalue weighted by molar-refractivity contribution is 5.29. The molecule has 5 nitrogen and oxygen atoms in total. The second kappa shape index (κ2) is 5.63. The lowest BCUT2D eigenvalue weighted by Crippen LogP contribution is -2.08. The molecule has 2 aromatic rings. The fourth-order valence-electron chi connectivity index (χ4n) is 2.24. The van der Waals surface area contributed by atoms with Gasteiger partial charge >= 0.3 is 0 Å². The number of nitrogens with zero attached hydrogens (tertiary/aromatic N) is 3. The Bertz CT molecular complexity index is 578. The minimum Gasteiger partial charge on any atom is -0.492 e. The Kier molecular flexibility index (Phi) is 3.69. The third-order valence-electron chi connectivity index (χ3n) is 3.44. The lowest BCUT2D eigenvalue weighted by Gasteiger charge is -2.14. The zero-order valence-electron chi connectivity index (χ0n) is 11.6. The zero-order chi connectivity index (χ0) is 13.9. The number of imidazole rings is 1. The molecule has 3 rings (SSSR count). The number of aromatic nitrogens is 3. The number of hydrogen-bond donors (Lipinski definition) is 1. The van der Waals surface area contributed by atoms with Crippen LogP contribution in [0, 0.1) is 0 Å². The van der Waals surface area contributed by atoms with Crippen molar-refractivity contribution in [3.05, 3.63) is 42.2 Å². The van der Waals surface area contributed by atoms with E-state index in [0.717, 1.165) is 30.5 Å². The normalized spacial score (nSPS) is 16.1. The lowest BCUT2D eigenvalue weighted by molar-refractivity contribution is 0.208. The predicted octanol–water partition coefficient (Wildman–Crippen LogP) is 2.48. The Balaban J connectivity index is 1.82. The molecule has 0 spiro atoms. The average Bonchev–Trinajstić information content (AvgIpc) is 3.22. The predicted molar refractivity (Wildman–Crippen MR) is 74.6 cm³/mol. The van der Waals surface area contributed by atoms with E-state index in [2.05, 4.69) is 21.5 Å². The highest BCUT2D eigenvalue weighted by Gasteiger charge is 2.28. The molecule has 1 aliphatic carbocycles. The van der Waals surface area contributed by atoms with Crippen LogP contribution in [0.1, 0.15) is 49.6 Å². The van der Waals surface area contributed by atoms with E-state index in [1.54, 1.807) is 24.9 Å². The van der Waals surface area contributed by atoms with Crippen LogP contribution in [0.15, 0.2) is 31.0 Å². The Morgan fingerprint density at radius 3 is 2.95 bits per heavy atom. The van der Waals surface area contributed by atoms with Gasteiger partial charge in [0.2, 0.25) is 0 Å². The molecule has 2 heterocycles. The van der Waals surface area contributed by atoms with Crippen LogP contribution in [0.5, 0.6) is 5.75 Å². The first-order valence-corrected chi connectivity index (χ1v) is 7.07. The van der Waals surface area contributed by atoms with Crippen molar-refractivity contribution in [3.63, 3.8) is 0 Å². The maximum Gasteiger partial charge on any atom is 0.137 e. The van der Waals surface area contributed by atoms with Crippen molar-refractivity contribution in [2.75, 3.05) is 6.61 Å². The topological polar surface area (TPSA) is 60.2 Å². The summed E-state index contributed by atoms with van der Waals surface area (Å²) >= 11 is 0. The minimum atomic E-state index is -0.712. The fourth-order valence-corrected chi connectivity index (χ4v) is 2.24. The van der Waals surface area contributed by atoms with Crippen LogP contribution in [0.4, 0.5) is 0 Å². The molecule has 0 amide bonds. The Labute approximate surface area is 118 Å². The summed E-state index contributed by atoms with van der Waals surface area (Å²) < 4.78 is 7.62. The van der Waals surface area contributed by atoms with E-state index in [1.165, 1.54) is 0 Å². The van der Waals surface area contributed by atoms with Gasteiger partial charge in [-0.25, -0.2) is 4.98 Å². The summed E-state index contributed by atoms with van der Waals surface area (Å²) in [6, 6.07) is 2.34. The molecule has 2 aromatic heterocycles. The first-order valence-electron chi connectivity index (χ1n) is 7.07. The average molecular weight is 273 g/mol. The van der Waals surface area contributed by atoms with Crippen molar-refractivity contribution in [1.82, 2.24) is 14.5 Å². The van der Waals surface area contributed by atoms with E-state index in [-0.39, 0.29) is 0 Å². The molecular formula is C15H19N3O2. The molecule has 0 aromatic carbocycles. The van der Waals surface area contributed by atoms with E-state index in [4.69, 9.17) is 4.74 Å². The molecule has 0 bridgehead atoms. The Morgan fingerprint density at radius 1 is 1.35 bits per heavy atom. The Hall–Kier alpha value is -1.88. The maximum absolute atomic E-state index is 10.5. The molecule has 1 aliphatic rings. The van der Waals surface area contributed by atoms with Gasteiger partial charge in [-0.05, 0) is 25.3 Å². The minimum absolute atomic E-state index is 0.495. The molecular weight excluding hydrogens is 254 g/mol. The van der Waals surface area contributed by atoms with E-state index in [1.807, 2.05) is 6.07 Å². The number of hydrogen-bond acceptors (Lipinski definition) is 4. The van der Waals surface area contributed by atoms with Crippen LogP contribution in [0.3, 0.4) is 0 Å². The second-order valence-electron chi connectivity index (χ2n) is 5.16. The quantitative estimate of drug-likeness (QED) is 0.878. The van der Waals surface area contributed by atoms with Gasteiger partial charge in [0.05, 0.1) is 31.0 Å². The largest absolute Gasteiger partial charge is 0.492 e. The van der Waals surface area contributed by atoms with E-state index < -0.39 is 6.10 Å². The molecule has 0 aliphatic heterocycles. The van der Waals surface area contributed by atoms with E-state index in [9.17, 15) is 5.11 Å². The summed E-state index contributed by atoms with van der Waals surface area (Å²) in [5, 5.41) is 10.5. The molecule has 1 saturated carbocycles. The summed E-state index contributed by atoms with van der Waals surface area (Å²) in [5.41, 5.74) is 1.56. The van der Waals surface area contributed by atoms with Crippen LogP contribution >= 0.6 is 0 Å². The van der Waals surface area contributed by atoms with Gasteiger partial charge in [0.15, 0.2) is 0 Å². The van der Waals surface area contributed by atoms with E-state index >= 15 is 0 Å². The fraction of sp³-hybridized carbons (Fsp3) is 0.467. The summed E-state index contributed by atoms with van der Waals surface area (Å²) in [4.78, 5) is 8.30. The van der Waals surface area contributed by atoms with E-state index in [0.29, 0.717) is 18.4 Å². The van der Waals surface area contributed by atoms with Gasteiger partial charge in [-0.1, -0.05) is 6.92 Å². The molecule has 5 heteroatoms. The summed E-state index contributed by atoms with van der Waals surface area (Å²) in [5.74, 6) is 0.695. The second-order valence-corrected chi connectivity index (χ2v) is 5.16. The smallest absolute Gasteiger partial charge is 0.137 e. The van der Waals surface area contributed by atoms with Gasteiger partial charge in [-0.15, -0.1) is 0 Å². The summed E-state index contributed by atoms with van der Waals surface area (Å²) in [6.45, 7) is 2.71. The summed E-state index contributed by atoms with van der Waals surface area (Å²) in [7, 11) is 0. The number of rotatable bonds is 6. The zero-order valence-corrected chi connectivity index (χ0v) is 11.6. The first kappa shape index (κ1) is 13.1. The van der Waals surface area contributed by atoms with Gasteiger partial charge in [0, 0.05) is 17.8 Å². The number of aliphatic hydroxyl groups is 1. The third-order valence-corrected chi connectivity index (χ3v) is 3.44. The van der Waals surface area contributed by atoms with Crippen LogP contribution in [0.25, 0.3) is 0 Å². The highest BCUT2D eigenvalue weighted by atomic mass is 16.5. The number of ether oxygens (including phenoxy) is 1. The van der Waals surface area contributed by atoms with Crippen LogP contribution in [0.2, 0.25) is 0 Å². The van der Waals surface area contributed by atoms with Gasteiger partial charge in [-0.2, -0.15) is 0 Å². The summed E-state index contributed by atoms with van der Waals surface area (Å²) in [6.07, 6.45) is 9.42. The van der Waals surface area contributed by atoms with Crippen molar-refractivity contribution in [3.8, 4) is 5.75 Å². The molecule has 20 heavy (non-hydrogen) atoms. The Morgan fingerprint density at radius 2 is 2.20 bits per heavy atom. The third kappa shape index (κ3) is 2.67. The molecule has 0 radical (unpaired) electrons. The van der Waals surface area contributed by atoms with Crippen molar-refractivity contribution >= 4 is 0 Å². The van der Waals surface area contributed by atoms with Gasteiger partial charge < -0.3 is 14.4 Å². The van der Waals surface area contributed by atoms with Crippen molar-refractivity contribution < 1.29 is 9.84 Å². The molecule has 1 unspecified atom stereocenters. The van der Waals surface area contributed by atoms with Crippen molar-refractivity contribution in [1.29, 1.82) is 0 Å². The van der Waals surface area contributed by atoms with Crippen molar-refractivity contribution in [2.24, 2.45) is 0 Å². The SMILES string of the molecule is CCCOc1cncc(C(O)c2cncn2C2CC2)c1. The maximum atomic E-state index is 10.5. The van der Waals surface area contributed by atoms with Crippen LogP contribution < -0.4 is 4.74 Å². The standard InChI is InChI=1S/C15H19N3O2/c1-2-5-20-13-6-11(7-16-8-13)15(19)14-9-17-10-18(14)12-3-4-12/h6-10,12,15,19H,2-5H2,1H3. The molecule has 0 saturated heterocycles. The first-order chi connectivity index (χ1) is 9.79. The van der Waals surface area contributed by atoms with Crippen LogP contribution in [-0.4, -0.2) is 26.2 Å². The number of aliphatic hydroxyl groups excluding tert-OH is 1. The van der Waals surface area contributed by atoms with Gasteiger partial charge in [-0.3, -0.25) is 4.98 Å². The molecule has 1 fully saturated rings. The number of pyridine rings is 1. The molecule has 1 atom stereocenters. The van der Waals surface area contributed by atoms with Gasteiger partial charge in [0.25, 0.3) is 0 Å². The van der Waals surface area contributed by atoms with Gasteiger partial charge in [0.1, 0.15) is 11.9 Å². The van der Waals surface area contributed by atoms with Crippen LogP contribution in [-0.2, 0) is 0 Å². The molecule has 106 valence electrons. The highest BCUT2D eigenvalue weighted by Crippen LogP contribution is 2.38. The molecule has 1 N–H and O–H groups in total. The van der Waals surface area contributed by atoms with Crippen molar-refractivity contribution in [2.45, 2.75) is 38.3 Å². The lowest BCUT2D eigenvalue weighted by atomic mass is 10.1.